The summed E-state index contributed by atoms with van der Waals surface area (Å²) in [6.07, 6.45) is 6.01. The molecule has 2 N–H and O–H groups in total. The Labute approximate surface area is 239 Å². The SMILES string of the molecule is CC.Cc1nn(C(C)c2oc(=O)c3ccccc3c2C2=CCN(C(=O)C3CCN(C)CC3)CC2)c2ncnc(N)c12. The van der Waals surface area contributed by atoms with E-state index in [1.807, 2.05) is 50.8 Å². The molecule has 0 bridgehead atoms. The normalized spacial score (nSPS) is 17.3. The topological polar surface area (TPSA) is 123 Å². The largest absolute Gasteiger partial charge is 0.424 e. The lowest BCUT2D eigenvalue weighted by Crippen LogP contribution is -2.43. The highest BCUT2D eigenvalue weighted by Crippen LogP contribution is 2.36. The van der Waals surface area contributed by atoms with Gasteiger partial charge in [-0.15, -0.1) is 0 Å². The smallest absolute Gasteiger partial charge is 0.343 e. The molecular formula is C31H39N7O3. The molecule has 0 aliphatic carbocycles. The Hall–Kier alpha value is -4.05. The van der Waals surface area contributed by atoms with Crippen molar-refractivity contribution in [1.29, 1.82) is 0 Å². The number of rotatable bonds is 4. The Bertz CT molecular complexity index is 1660. The first-order valence-electron chi connectivity index (χ1n) is 14.5. The molecule has 2 aliphatic heterocycles. The fraction of sp³-hybridized carbons (Fsp3) is 0.452. The zero-order valence-electron chi connectivity index (χ0n) is 24.6. The van der Waals surface area contributed by atoms with Gasteiger partial charge in [-0.1, -0.05) is 38.1 Å². The Kier molecular flexibility index (Phi) is 8.21. The van der Waals surface area contributed by atoms with Crippen molar-refractivity contribution in [3.05, 3.63) is 64.1 Å². The van der Waals surface area contributed by atoms with Gasteiger partial charge < -0.3 is 20.0 Å². The first-order chi connectivity index (χ1) is 19.8. The number of benzene rings is 1. The van der Waals surface area contributed by atoms with E-state index in [1.54, 1.807) is 10.7 Å². The lowest BCUT2D eigenvalue weighted by Gasteiger charge is -2.34. The van der Waals surface area contributed by atoms with E-state index in [-0.39, 0.29) is 11.8 Å². The molecule has 0 radical (unpaired) electrons. The number of piperidine rings is 1. The van der Waals surface area contributed by atoms with Gasteiger partial charge in [-0.2, -0.15) is 5.10 Å². The summed E-state index contributed by atoms with van der Waals surface area (Å²) in [4.78, 5) is 39.2. The number of anilines is 1. The van der Waals surface area contributed by atoms with E-state index in [0.29, 0.717) is 53.2 Å². The van der Waals surface area contributed by atoms with Crippen LogP contribution in [-0.4, -0.2) is 68.7 Å². The summed E-state index contributed by atoms with van der Waals surface area (Å²) in [6, 6.07) is 7.08. The molecule has 3 aromatic heterocycles. The Balaban J connectivity index is 0.00000165. The Morgan fingerprint density at radius 1 is 1.10 bits per heavy atom. The molecular weight excluding hydrogens is 518 g/mol. The molecule has 5 heterocycles. The summed E-state index contributed by atoms with van der Waals surface area (Å²) >= 11 is 0. The molecule has 1 atom stereocenters. The number of aromatic nitrogens is 4. The molecule has 1 fully saturated rings. The second-order valence-corrected chi connectivity index (χ2v) is 10.7. The molecule has 216 valence electrons. The van der Waals surface area contributed by atoms with Crippen LogP contribution in [0.5, 0.6) is 0 Å². The van der Waals surface area contributed by atoms with Crippen molar-refractivity contribution in [3.8, 4) is 0 Å². The van der Waals surface area contributed by atoms with Crippen molar-refractivity contribution in [2.45, 2.75) is 53.0 Å². The van der Waals surface area contributed by atoms with Gasteiger partial charge in [0.05, 0.1) is 16.5 Å². The van der Waals surface area contributed by atoms with Gasteiger partial charge in [0.1, 0.15) is 23.9 Å². The molecule has 0 saturated carbocycles. The molecule has 1 unspecified atom stereocenters. The van der Waals surface area contributed by atoms with Crippen molar-refractivity contribution in [2.24, 2.45) is 5.92 Å². The van der Waals surface area contributed by atoms with Gasteiger partial charge in [0.25, 0.3) is 0 Å². The number of carbonyl (C=O) groups is 1. The van der Waals surface area contributed by atoms with Crippen LogP contribution < -0.4 is 11.4 Å². The molecule has 41 heavy (non-hydrogen) atoms. The van der Waals surface area contributed by atoms with Crippen LogP contribution in [0.15, 0.2) is 45.9 Å². The maximum Gasteiger partial charge on any atom is 0.343 e. The zero-order chi connectivity index (χ0) is 29.3. The van der Waals surface area contributed by atoms with Gasteiger partial charge in [0, 0.05) is 24.6 Å². The highest BCUT2D eigenvalue weighted by atomic mass is 16.4. The third-order valence-electron chi connectivity index (χ3n) is 8.21. The third kappa shape index (κ3) is 5.24. The Morgan fingerprint density at radius 3 is 2.49 bits per heavy atom. The fourth-order valence-corrected chi connectivity index (χ4v) is 6.00. The van der Waals surface area contributed by atoms with Crippen molar-refractivity contribution in [3.63, 3.8) is 0 Å². The summed E-state index contributed by atoms with van der Waals surface area (Å²) in [6.45, 7) is 10.9. The number of aryl methyl sites for hydroxylation is 1. The lowest BCUT2D eigenvalue weighted by molar-refractivity contribution is -0.136. The van der Waals surface area contributed by atoms with Gasteiger partial charge in [-0.25, -0.2) is 19.4 Å². The van der Waals surface area contributed by atoms with Crippen LogP contribution in [0.25, 0.3) is 27.4 Å². The van der Waals surface area contributed by atoms with E-state index in [2.05, 4.69) is 28.0 Å². The number of likely N-dealkylation sites (tertiary alicyclic amines) is 1. The highest BCUT2D eigenvalue weighted by molar-refractivity contribution is 5.95. The third-order valence-corrected chi connectivity index (χ3v) is 8.21. The van der Waals surface area contributed by atoms with E-state index in [0.717, 1.165) is 42.5 Å². The van der Waals surface area contributed by atoms with Gasteiger partial charge >= 0.3 is 5.63 Å². The highest BCUT2D eigenvalue weighted by Gasteiger charge is 2.31. The van der Waals surface area contributed by atoms with Crippen LogP contribution >= 0.6 is 0 Å². The van der Waals surface area contributed by atoms with Gasteiger partial charge in [0.2, 0.25) is 5.91 Å². The number of nitrogen functional groups attached to an aromatic ring is 1. The number of nitrogens with two attached hydrogens (primary N) is 1. The minimum atomic E-state index is -0.442. The zero-order valence-corrected chi connectivity index (χ0v) is 24.6. The van der Waals surface area contributed by atoms with E-state index in [1.165, 1.54) is 6.33 Å². The Morgan fingerprint density at radius 2 is 1.80 bits per heavy atom. The average molecular weight is 558 g/mol. The number of amides is 1. The second-order valence-electron chi connectivity index (χ2n) is 10.7. The van der Waals surface area contributed by atoms with Crippen molar-refractivity contribution >= 4 is 39.1 Å². The summed E-state index contributed by atoms with van der Waals surface area (Å²) < 4.78 is 7.79. The van der Waals surface area contributed by atoms with E-state index in [9.17, 15) is 9.59 Å². The maximum atomic E-state index is 13.3. The van der Waals surface area contributed by atoms with Gasteiger partial charge in [-0.05, 0) is 70.3 Å². The average Bonchev–Trinajstić information content (AvgIpc) is 3.35. The van der Waals surface area contributed by atoms with E-state index >= 15 is 0 Å². The van der Waals surface area contributed by atoms with Crippen LogP contribution in [0.1, 0.15) is 63.1 Å². The molecule has 2 aliphatic rings. The van der Waals surface area contributed by atoms with E-state index < -0.39 is 11.7 Å². The van der Waals surface area contributed by atoms with Crippen molar-refractivity contribution in [1.82, 2.24) is 29.5 Å². The predicted molar refractivity (Wildman–Crippen MR) is 162 cm³/mol. The molecule has 10 nitrogen and oxygen atoms in total. The predicted octanol–water partition coefficient (Wildman–Crippen LogP) is 4.42. The summed E-state index contributed by atoms with van der Waals surface area (Å²) in [7, 11) is 2.10. The molecule has 1 saturated heterocycles. The first-order valence-corrected chi connectivity index (χ1v) is 14.5. The minimum Gasteiger partial charge on any atom is -0.424 e. The number of carbonyl (C=O) groups excluding carboxylic acids is 1. The van der Waals surface area contributed by atoms with Crippen LogP contribution in [0.3, 0.4) is 0 Å². The standard InChI is InChI=1S/C29H33N7O3.C2H6/c1-17-23-26(30)31-16-32-27(23)36(33-17)18(2)25-24(21-6-4-5-7-22(21)29(38)39-25)19-10-14-35(15-11-19)28(37)20-8-12-34(3)13-9-20;1-2/h4-7,10,16,18,20H,8-9,11-15H2,1-3H3,(H2,30,31,32);1-2H3. The number of fused-ring (bicyclic) bond motifs is 2. The van der Waals surface area contributed by atoms with Crippen molar-refractivity contribution < 1.29 is 9.21 Å². The second kappa shape index (κ2) is 11.8. The molecule has 4 aromatic rings. The summed E-state index contributed by atoms with van der Waals surface area (Å²) in [5.41, 5.74) is 8.97. The van der Waals surface area contributed by atoms with Crippen LogP contribution in [0, 0.1) is 12.8 Å². The van der Waals surface area contributed by atoms with Gasteiger partial charge in [-0.3, -0.25) is 4.79 Å². The minimum absolute atomic E-state index is 0.0908. The number of nitrogens with zero attached hydrogens (tertiary/aromatic N) is 6. The van der Waals surface area contributed by atoms with Crippen molar-refractivity contribution in [2.75, 3.05) is 39.0 Å². The number of hydrogen-bond acceptors (Lipinski definition) is 8. The summed E-state index contributed by atoms with van der Waals surface area (Å²) in [5.74, 6) is 1.21. The molecule has 1 amide bonds. The molecule has 10 heteroatoms. The van der Waals surface area contributed by atoms with Gasteiger partial charge in [0.15, 0.2) is 5.65 Å². The maximum absolute atomic E-state index is 13.3. The molecule has 1 aromatic carbocycles. The van der Waals surface area contributed by atoms with E-state index in [4.69, 9.17) is 15.2 Å². The van der Waals surface area contributed by atoms with Crippen LogP contribution in [0.2, 0.25) is 0 Å². The quantitative estimate of drug-likeness (QED) is 0.391. The molecule has 0 spiro atoms. The summed E-state index contributed by atoms with van der Waals surface area (Å²) in [5, 5.41) is 6.76. The van der Waals surface area contributed by atoms with Crippen LogP contribution in [-0.2, 0) is 4.79 Å². The lowest BCUT2D eigenvalue weighted by atomic mass is 9.91. The molecule has 6 rings (SSSR count). The van der Waals surface area contributed by atoms with Crippen LogP contribution in [0.4, 0.5) is 5.82 Å². The monoisotopic (exact) mass is 557 g/mol. The fourth-order valence-electron chi connectivity index (χ4n) is 6.00. The first kappa shape index (κ1) is 28.5. The number of hydrogen-bond donors (Lipinski definition) is 1.